The minimum absolute atomic E-state index is 0.0131. The molecule has 0 radical (unpaired) electrons. The lowest BCUT2D eigenvalue weighted by atomic mass is 10.0. The third-order valence-corrected chi connectivity index (χ3v) is 3.57. The summed E-state index contributed by atoms with van der Waals surface area (Å²) in [4.78, 5) is 23.7. The van der Waals surface area contributed by atoms with E-state index in [1.807, 2.05) is 30.3 Å². The summed E-state index contributed by atoms with van der Waals surface area (Å²) in [6, 6.07) is 16.9. The molecule has 5 heteroatoms. The summed E-state index contributed by atoms with van der Waals surface area (Å²) < 4.78 is 14.0. The Morgan fingerprint density at radius 3 is 2.46 bits per heavy atom. The lowest BCUT2D eigenvalue weighted by Gasteiger charge is -2.10. The topological polar surface area (TPSA) is 58.2 Å². The van der Waals surface area contributed by atoms with Crippen LogP contribution in [-0.4, -0.2) is 11.8 Å². The average Bonchev–Trinajstić information content (AvgIpc) is 2.57. The van der Waals surface area contributed by atoms with Crippen LogP contribution in [0.3, 0.4) is 0 Å². The maximum atomic E-state index is 14.0. The van der Waals surface area contributed by atoms with E-state index in [1.54, 1.807) is 12.1 Å². The molecule has 0 saturated heterocycles. The molecule has 0 fully saturated rings. The van der Waals surface area contributed by atoms with Gasteiger partial charge in [0.2, 0.25) is 5.91 Å². The molecule has 3 rings (SSSR count). The highest BCUT2D eigenvalue weighted by molar-refractivity contribution is 6.13. The summed E-state index contributed by atoms with van der Waals surface area (Å²) in [6.45, 7) is 1.36. The fourth-order valence-corrected chi connectivity index (χ4v) is 2.52. The Hall–Kier alpha value is -3.21. The van der Waals surface area contributed by atoms with Gasteiger partial charge in [-0.2, -0.15) is 0 Å². The van der Waals surface area contributed by atoms with Gasteiger partial charge in [-0.15, -0.1) is 0 Å². The van der Waals surface area contributed by atoms with Crippen molar-refractivity contribution in [3.05, 3.63) is 72.0 Å². The molecule has 0 unspecified atom stereocenters. The molecular weight excluding hydrogens is 307 g/mol. The van der Waals surface area contributed by atoms with Crippen molar-refractivity contribution in [2.75, 3.05) is 10.6 Å². The van der Waals surface area contributed by atoms with Gasteiger partial charge in [0.05, 0.1) is 5.69 Å². The number of halogens is 1. The van der Waals surface area contributed by atoms with E-state index in [2.05, 4.69) is 10.6 Å². The zero-order chi connectivity index (χ0) is 17.1. The number of rotatable bonds is 3. The van der Waals surface area contributed by atoms with Crippen molar-refractivity contribution < 1.29 is 14.0 Å². The molecule has 0 bridgehead atoms. The Balaban J connectivity index is 1.93. The normalized spacial score (nSPS) is 10.4. The van der Waals surface area contributed by atoms with Crippen molar-refractivity contribution in [2.24, 2.45) is 0 Å². The Morgan fingerprint density at radius 2 is 1.67 bits per heavy atom. The van der Waals surface area contributed by atoms with Crippen LogP contribution in [0, 0.1) is 5.82 Å². The van der Waals surface area contributed by atoms with Crippen molar-refractivity contribution in [3.8, 4) is 0 Å². The second kappa shape index (κ2) is 6.50. The number of hydrogen-bond donors (Lipinski definition) is 2. The molecule has 24 heavy (non-hydrogen) atoms. The fourth-order valence-electron chi connectivity index (χ4n) is 2.52. The van der Waals surface area contributed by atoms with Crippen LogP contribution in [0.15, 0.2) is 60.7 Å². The molecule has 0 atom stereocenters. The van der Waals surface area contributed by atoms with Gasteiger partial charge in [0, 0.05) is 18.2 Å². The van der Waals surface area contributed by atoms with E-state index in [4.69, 9.17) is 0 Å². The average molecular weight is 322 g/mol. The number of nitrogens with one attached hydrogen (secondary N) is 2. The van der Waals surface area contributed by atoms with E-state index in [1.165, 1.54) is 25.1 Å². The van der Waals surface area contributed by atoms with E-state index < -0.39 is 11.7 Å². The van der Waals surface area contributed by atoms with Gasteiger partial charge in [-0.1, -0.05) is 36.4 Å². The Kier molecular flexibility index (Phi) is 4.24. The molecule has 3 aromatic carbocycles. The van der Waals surface area contributed by atoms with E-state index in [9.17, 15) is 14.0 Å². The summed E-state index contributed by atoms with van der Waals surface area (Å²) in [5.74, 6) is -1.25. The molecule has 0 aromatic heterocycles. The first-order valence-electron chi connectivity index (χ1n) is 7.41. The number of hydrogen-bond acceptors (Lipinski definition) is 2. The minimum Gasteiger partial charge on any atom is -0.326 e. The van der Waals surface area contributed by atoms with Crippen LogP contribution >= 0.6 is 0 Å². The second-order valence-corrected chi connectivity index (χ2v) is 5.36. The Bertz CT molecular complexity index is 932. The molecule has 0 spiro atoms. The van der Waals surface area contributed by atoms with Crippen LogP contribution < -0.4 is 10.6 Å². The minimum atomic E-state index is -0.572. The molecule has 0 aliphatic heterocycles. The first-order valence-corrected chi connectivity index (χ1v) is 7.41. The zero-order valence-corrected chi connectivity index (χ0v) is 13.0. The van der Waals surface area contributed by atoms with Crippen molar-refractivity contribution in [2.45, 2.75) is 6.92 Å². The van der Waals surface area contributed by atoms with Crippen LogP contribution in [0.25, 0.3) is 10.8 Å². The van der Waals surface area contributed by atoms with E-state index in [-0.39, 0.29) is 11.6 Å². The quantitative estimate of drug-likeness (QED) is 0.759. The third kappa shape index (κ3) is 3.25. The first-order chi connectivity index (χ1) is 11.5. The van der Waals surface area contributed by atoms with Crippen LogP contribution in [0.1, 0.15) is 17.3 Å². The van der Waals surface area contributed by atoms with Crippen molar-refractivity contribution in [3.63, 3.8) is 0 Å². The van der Waals surface area contributed by atoms with E-state index in [0.717, 1.165) is 10.8 Å². The lowest BCUT2D eigenvalue weighted by molar-refractivity contribution is -0.114. The van der Waals surface area contributed by atoms with Gasteiger partial charge in [0.25, 0.3) is 5.91 Å². The van der Waals surface area contributed by atoms with Gasteiger partial charge in [0.1, 0.15) is 5.82 Å². The standard InChI is InChI=1S/C19H15FN2O2/c1-12(23)21-14-9-10-17(20)18(11-14)22-19(24)16-8-4-6-13-5-2-3-7-15(13)16/h2-11H,1H3,(H,21,23)(H,22,24). The molecule has 0 saturated carbocycles. The van der Waals surface area contributed by atoms with Crippen LogP contribution in [0.5, 0.6) is 0 Å². The lowest BCUT2D eigenvalue weighted by Crippen LogP contribution is -2.14. The highest BCUT2D eigenvalue weighted by Gasteiger charge is 2.13. The zero-order valence-electron chi connectivity index (χ0n) is 13.0. The maximum absolute atomic E-state index is 14.0. The maximum Gasteiger partial charge on any atom is 0.256 e. The number of carbonyl (C=O) groups excluding carboxylic acids is 2. The molecule has 0 aliphatic carbocycles. The number of anilines is 2. The monoisotopic (exact) mass is 322 g/mol. The molecule has 0 heterocycles. The Labute approximate surface area is 138 Å². The highest BCUT2D eigenvalue weighted by atomic mass is 19.1. The van der Waals surface area contributed by atoms with Gasteiger partial charge in [-0.05, 0) is 35.0 Å². The van der Waals surface area contributed by atoms with Crippen molar-refractivity contribution in [1.29, 1.82) is 0 Å². The molecule has 0 aliphatic rings. The summed E-state index contributed by atoms with van der Waals surface area (Å²) in [5.41, 5.74) is 0.883. The van der Waals surface area contributed by atoms with Gasteiger partial charge < -0.3 is 10.6 Å². The first kappa shape index (κ1) is 15.7. The molecular formula is C19H15FN2O2. The van der Waals surface area contributed by atoms with Gasteiger partial charge in [0.15, 0.2) is 0 Å². The van der Waals surface area contributed by atoms with Crippen LogP contribution in [0.4, 0.5) is 15.8 Å². The van der Waals surface area contributed by atoms with Crippen molar-refractivity contribution >= 4 is 34.0 Å². The van der Waals surface area contributed by atoms with Crippen molar-refractivity contribution in [1.82, 2.24) is 0 Å². The van der Waals surface area contributed by atoms with Crippen LogP contribution in [0.2, 0.25) is 0 Å². The number of carbonyl (C=O) groups is 2. The number of amides is 2. The van der Waals surface area contributed by atoms with E-state index >= 15 is 0 Å². The second-order valence-electron chi connectivity index (χ2n) is 5.36. The SMILES string of the molecule is CC(=O)Nc1ccc(F)c(NC(=O)c2cccc3ccccc23)c1. The van der Waals surface area contributed by atoms with Gasteiger partial charge in [-0.3, -0.25) is 9.59 Å². The summed E-state index contributed by atoms with van der Waals surface area (Å²) in [7, 11) is 0. The predicted molar refractivity (Wildman–Crippen MR) is 92.6 cm³/mol. The van der Waals surface area contributed by atoms with E-state index in [0.29, 0.717) is 11.3 Å². The summed E-state index contributed by atoms with van der Waals surface area (Å²) in [5, 5.41) is 6.84. The van der Waals surface area contributed by atoms with Gasteiger partial charge in [-0.25, -0.2) is 4.39 Å². The fraction of sp³-hybridized carbons (Fsp3) is 0.0526. The summed E-state index contributed by atoms with van der Waals surface area (Å²) >= 11 is 0. The largest absolute Gasteiger partial charge is 0.326 e. The van der Waals surface area contributed by atoms with Crippen LogP contribution in [-0.2, 0) is 4.79 Å². The smallest absolute Gasteiger partial charge is 0.256 e. The predicted octanol–water partition coefficient (Wildman–Crippen LogP) is 4.19. The summed E-state index contributed by atoms with van der Waals surface area (Å²) in [6.07, 6.45) is 0. The number of benzene rings is 3. The molecule has 2 N–H and O–H groups in total. The van der Waals surface area contributed by atoms with Gasteiger partial charge >= 0.3 is 0 Å². The third-order valence-electron chi connectivity index (χ3n) is 3.57. The molecule has 2 amide bonds. The molecule has 3 aromatic rings. The molecule has 4 nitrogen and oxygen atoms in total. The highest BCUT2D eigenvalue weighted by Crippen LogP contribution is 2.23. The molecule has 120 valence electrons. The Morgan fingerprint density at radius 1 is 0.917 bits per heavy atom. The number of fused-ring (bicyclic) bond motifs is 1.